The van der Waals surface area contributed by atoms with Gasteiger partial charge in [-0.3, -0.25) is 9.59 Å². The normalized spacial score (nSPS) is 27.2. The van der Waals surface area contributed by atoms with Crippen LogP contribution in [-0.2, 0) is 9.59 Å². The summed E-state index contributed by atoms with van der Waals surface area (Å²) in [5, 5.41) is 2.95. The zero-order valence-electron chi connectivity index (χ0n) is 14.1. The van der Waals surface area contributed by atoms with Gasteiger partial charge in [0.15, 0.2) is 0 Å². The molecule has 4 nitrogen and oxygen atoms in total. The van der Waals surface area contributed by atoms with Crippen molar-refractivity contribution in [1.82, 2.24) is 10.2 Å². The molecule has 2 fully saturated rings. The fourth-order valence-corrected chi connectivity index (χ4v) is 3.19. The standard InChI is InChI=1S/C17H30N2O2/c1-11(2)13-15(20)18-14(17(3,4)5)16(21)19(13)10-6-7-12-8-9-12/h11-14H,6-10H2,1-5H3,(H,18,20). The van der Waals surface area contributed by atoms with Crippen LogP contribution < -0.4 is 5.32 Å². The van der Waals surface area contributed by atoms with Crippen LogP contribution in [0, 0.1) is 17.3 Å². The van der Waals surface area contributed by atoms with Crippen molar-refractivity contribution in [2.45, 2.75) is 72.4 Å². The van der Waals surface area contributed by atoms with Gasteiger partial charge in [0.05, 0.1) is 0 Å². The molecule has 2 unspecified atom stereocenters. The van der Waals surface area contributed by atoms with Crippen molar-refractivity contribution in [2.75, 3.05) is 6.54 Å². The number of rotatable bonds is 5. The van der Waals surface area contributed by atoms with E-state index in [1.54, 1.807) is 0 Å². The molecular weight excluding hydrogens is 264 g/mol. The van der Waals surface area contributed by atoms with Gasteiger partial charge in [0, 0.05) is 6.54 Å². The van der Waals surface area contributed by atoms with Crippen LogP contribution in [0.1, 0.15) is 60.3 Å². The molecule has 1 N–H and O–H groups in total. The molecule has 1 aliphatic carbocycles. The summed E-state index contributed by atoms with van der Waals surface area (Å²) < 4.78 is 0. The maximum Gasteiger partial charge on any atom is 0.246 e. The molecule has 0 bridgehead atoms. The monoisotopic (exact) mass is 294 g/mol. The summed E-state index contributed by atoms with van der Waals surface area (Å²) in [6.07, 6.45) is 4.89. The highest BCUT2D eigenvalue weighted by atomic mass is 16.2. The van der Waals surface area contributed by atoms with E-state index in [1.165, 1.54) is 19.3 Å². The molecule has 4 heteroatoms. The minimum atomic E-state index is -0.402. The Balaban J connectivity index is 2.11. The molecule has 2 aliphatic rings. The zero-order chi connectivity index (χ0) is 15.8. The predicted molar refractivity (Wildman–Crippen MR) is 83.7 cm³/mol. The van der Waals surface area contributed by atoms with Crippen molar-refractivity contribution in [3.63, 3.8) is 0 Å². The first-order valence-electron chi connectivity index (χ1n) is 8.32. The summed E-state index contributed by atoms with van der Waals surface area (Å²) in [6, 6.07) is -0.712. The smallest absolute Gasteiger partial charge is 0.246 e. The summed E-state index contributed by atoms with van der Waals surface area (Å²) in [5.41, 5.74) is -0.247. The fourth-order valence-electron chi connectivity index (χ4n) is 3.19. The van der Waals surface area contributed by atoms with Gasteiger partial charge in [0.1, 0.15) is 12.1 Å². The Hall–Kier alpha value is -1.06. The molecule has 1 saturated carbocycles. The van der Waals surface area contributed by atoms with Crippen LogP contribution in [0.4, 0.5) is 0 Å². The van der Waals surface area contributed by atoms with Crippen LogP contribution in [0.3, 0.4) is 0 Å². The second kappa shape index (κ2) is 5.98. The first-order valence-corrected chi connectivity index (χ1v) is 8.32. The van der Waals surface area contributed by atoms with Gasteiger partial charge in [-0.05, 0) is 30.1 Å². The highest BCUT2D eigenvalue weighted by Gasteiger charge is 2.45. The molecule has 0 aromatic rings. The van der Waals surface area contributed by atoms with E-state index in [9.17, 15) is 9.59 Å². The van der Waals surface area contributed by atoms with Crippen LogP contribution in [-0.4, -0.2) is 35.3 Å². The predicted octanol–water partition coefficient (Wildman–Crippen LogP) is 2.57. The van der Waals surface area contributed by atoms with Crippen molar-refractivity contribution in [1.29, 1.82) is 0 Å². The third-order valence-electron chi connectivity index (χ3n) is 4.63. The van der Waals surface area contributed by atoms with Gasteiger partial charge in [0.25, 0.3) is 0 Å². The summed E-state index contributed by atoms with van der Waals surface area (Å²) in [6.45, 7) is 10.8. The van der Waals surface area contributed by atoms with Crippen molar-refractivity contribution >= 4 is 11.8 Å². The van der Waals surface area contributed by atoms with Gasteiger partial charge >= 0.3 is 0 Å². The highest BCUT2D eigenvalue weighted by molar-refractivity contribution is 5.97. The van der Waals surface area contributed by atoms with Gasteiger partial charge in [0.2, 0.25) is 11.8 Å². The Morgan fingerprint density at radius 1 is 1.24 bits per heavy atom. The number of hydrogen-bond donors (Lipinski definition) is 1. The first kappa shape index (κ1) is 16.3. The lowest BCUT2D eigenvalue weighted by atomic mass is 9.82. The van der Waals surface area contributed by atoms with E-state index < -0.39 is 6.04 Å². The minimum Gasteiger partial charge on any atom is -0.342 e. The fraction of sp³-hybridized carbons (Fsp3) is 0.882. The molecule has 120 valence electrons. The molecule has 0 aromatic carbocycles. The molecule has 1 saturated heterocycles. The van der Waals surface area contributed by atoms with E-state index in [-0.39, 0.29) is 29.2 Å². The summed E-state index contributed by atoms with van der Waals surface area (Å²) in [7, 11) is 0. The van der Waals surface area contributed by atoms with Gasteiger partial charge < -0.3 is 10.2 Å². The Labute approximate surface area is 128 Å². The molecule has 21 heavy (non-hydrogen) atoms. The Morgan fingerprint density at radius 2 is 1.86 bits per heavy atom. The second-order valence-corrected chi connectivity index (χ2v) is 8.11. The van der Waals surface area contributed by atoms with Crippen molar-refractivity contribution in [3.8, 4) is 0 Å². The molecule has 2 rings (SSSR count). The lowest BCUT2D eigenvalue weighted by Crippen LogP contribution is -2.67. The molecule has 1 heterocycles. The van der Waals surface area contributed by atoms with Gasteiger partial charge in [-0.25, -0.2) is 0 Å². The summed E-state index contributed by atoms with van der Waals surface area (Å²) in [5.74, 6) is 1.12. The maximum absolute atomic E-state index is 12.8. The minimum absolute atomic E-state index is 0.0101. The third-order valence-corrected chi connectivity index (χ3v) is 4.63. The number of nitrogens with one attached hydrogen (secondary N) is 1. The lowest BCUT2D eigenvalue weighted by Gasteiger charge is -2.44. The first-order chi connectivity index (χ1) is 9.71. The topological polar surface area (TPSA) is 49.4 Å². The average Bonchev–Trinajstić information content (AvgIpc) is 3.15. The third kappa shape index (κ3) is 3.78. The average molecular weight is 294 g/mol. The molecule has 2 amide bonds. The van der Waals surface area contributed by atoms with Gasteiger partial charge in [-0.1, -0.05) is 47.5 Å². The van der Waals surface area contributed by atoms with E-state index in [4.69, 9.17) is 0 Å². The van der Waals surface area contributed by atoms with Crippen LogP contribution in [0.2, 0.25) is 0 Å². The zero-order valence-corrected chi connectivity index (χ0v) is 14.1. The van der Waals surface area contributed by atoms with Crippen molar-refractivity contribution in [3.05, 3.63) is 0 Å². The molecular formula is C17H30N2O2. The van der Waals surface area contributed by atoms with E-state index in [1.807, 2.05) is 39.5 Å². The number of carbonyl (C=O) groups excluding carboxylic acids is 2. The largest absolute Gasteiger partial charge is 0.342 e. The van der Waals surface area contributed by atoms with Crippen molar-refractivity contribution in [2.24, 2.45) is 17.3 Å². The number of amides is 2. The van der Waals surface area contributed by atoms with Gasteiger partial charge in [-0.2, -0.15) is 0 Å². The molecule has 0 aromatic heterocycles. The highest BCUT2D eigenvalue weighted by Crippen LogP contribution is 2.34. The molecule has 0 spiro atoms. The van der Waals surface area contributed by atoms with Crippen LogP contribution in [0.25, 0.3) is 0 Å². The molecule has 1 aliphatic heterocycles. The SMILES string of the molecule is CC(C)C1C(=O)NC(C(C)(C)C)C(=O)N1CCCC1CC1. The summed E-state index contributed by atoms with van der Waals surface area (Å²) >= 11 is 0. The maximum atomic E-state index is 12.8. The lowest BCUT2D eigenvalue weighted by molar-refractivity contribution is -0.154. The van der Waals surface area contributed by atoms with E-state index >= 15 is 0 Å². The Morgan fingerprint density at radius 3 is 2.33 bits per heavy atom. The van der Waals surface area contributed by atoms with Gasteiger partial charge in [-0.15, -0.1) is 0 Å². The molecule has 2 atom stereocenters. The Bertz CT molecular complexity index is 408. The van der Waals surface area contributed by atoms with E-state index in [0.717, 1.165) is 18.9 Å². The quantitative estimate of drug-likeness (QED) is 0.847. The summed E-state index contributed by atoms with van der Waals surface area (Å²) in [4.78, 5) is 27.1. The number of hydrogen-bond acceptors (Lipinski definition) is 2. The van der Waals surface area contributed by atoms with Crippen molar-refractivity contribution < 1.29 is 9.59 Å². The van der Waals surface area contributed by atoms with Crippen LogP contribution in [0.15, 0.2) is 0 Å². The molecule has 0 radical (unpaired) electrons. The van der Waals surface area contributed by atoms with Crippen LogP contribution >= 0.6 is 0 Å². The van der Waals surface area contributed by atoms with E-state index in [2.05, 4.69) is 5.32 Å². The number of nitrogens with zero attached hydrogens (tertiary/aromatic N) is 1. The van der Waals surface area contributed by atoms with E-state index in [0.29, 0.717) is 0 Å². The number of carbonyl (C=O) groups is 2. The second-order valence-electron chi connectivity index (χ2n) is 8.11. The Kier molecular flexibility index (Phi) is 4.64. The number of piperazine rings is 1. The van der Waals surface area contributed by atoms with Crippen LogP contribution in [0.5, 0.6) is 0 Å².